The smallest absolute Gasteiger partial charge is 0.383 e. The van der Waals surface area contributed by atoms with Crippen LogP contribution in [0.3, 0.4) is 0 Å². The Hall–Kier alpha value is -3.65. The summed E-state index contributed by atoms with van der Waals surface area (Å²) in [7, 11) is 1.46. The number of carbonyl (C=O) groups excluding carboxylic acids is 2. The molecule has 3 rings (SSSR count). The van der Waals surface area contributed by atoms with Crippen LogP contribution in [0.15, 0.2) is 42.5 Å². The van der Waals surface area contributed by atoms with Gasteiger partial charge in [0.05, 0.1) is 30.2 Å². The van der Waals surface area contributed by atoms with E-state index in [4.69, 9.17) is 10.00 Å². The molecule has 7 nitrogen and oxygen atoms in total. The Morgan fingerprint density at radius 3 is 2.60 bits per heavy atom. The number of nitriles is 1. The van der Waals surface area contributed by atoms with E-state index >= 15 is 0 Å². The van der Waals surface area contributed by atoms with Crippen molar-refractivity contribution in [3.8, 4) is 6.07 Å². The maximum Gasteiger partial charge on any atom is 0.417 e. The average molecular weight is 492 g/mol. The van der Waals surface area contributed by atoms with Crippen molar-refractivity contribution in [3.63, 3.8) is 0 Å². The Morgan fingerprint density at radius 1 is 1.20 bits per heavy atom. The van der Waals surface area contributed by atoms with Gasteiger partial charge in [-0.3, -0.25) is 9.59 Å². The number of nitrogens with zero attached hydrogens (tertiary/aromatic N) is 3. The van der Waals surface area contributed by atoms with Gasteiger partial charge in [0.25, 0.3) is 0 Å². The second-order valence-corrected chi connectivity index (χ2v) is 7.94. The number of piperazine rings is 1. The van der Waals surface area contributed by atoms with Crippen LogP contribution < -0.4 is 10.2 Å². The largest absolute Gasteiger partial charge is 0.417 e. The molecular weight excluding hydrogens is 468 g/mol. The highest BCUT2D eigenvalue weighted by atomic mass is 19.4. The summed E-state index contributed by atoms with van der Waals surface area (Å²) in [6, 6.07) is 9.66. The zero-order chi connectivity index (χ0) is 25.6. The summed E-state index contributed by atoms with van der Waals surface area (Å²) in [6.45, 7) is 0.516. The van der Waals surface area contributed by atoms with Crippen LogP contribution in [0.1, 0.15) is 16.7 Å². The van der Waals surface area contributed by atoms with E-state index < -0.39 is 41.0 Å². The molecular formula is C24H24F4N4O3. The molecule has 2 aromatic rings. The Labute approximate surface area is 199 Å². The molecule has 1 N–H and O–H groups in total. The standard InChI is InChI=1S/C24H24F4N4O3/c1-35-11-8-30-23(34)21-15-31(18-7-6-17(14-29)19(13-18)24(26,27)28)9-10-32(21)22(33)12-16-4-2-3-5-20(16)25/h2-7,13,21H,8-12,15H2,1H3,(H,30,34). The summed E-state index contributed by atoms with van der Waals surface area (Å²) >= 11 is 0. The molecule has 1 heterocycles. The highest BCUT2D eigenvalue weighted by Crippen LogP contribution is 2.35. The molecule has 2 aromatic carbocycles. The van der Waals surface area contributed by atoms with Gasteiger partial charge in [-0.1, -0.05) is 18.2 Å². The number of halogens is 4. The van der Waals surface area contributed by atoms with E-state index in [1.165, 1.54) is 42.3 Å². The number of rotatable bonds is 7. The number of hydrogen-bond donors (Lipinski definition) is 1. The zero-order valence-electron chi connectivity index (χ0n) is 18.9. The predicted molar refractivity (Wildman–Crippen MR) is 119 cm³/mol. The second-order valence-electron chi connectivity index (χ2n) is 7.94. The number of benzene rings is 2. The minimum absolute atomic E-state index is 0.0387. The van der Waals surface area contributed by atoms with Gasteiger partial charge in [-0.05, 0) is 29.8 Å². The van der Waals surface area contributed by atoms with Gasteiger partial charge in [0.15, 0.2) is 0 Å². The average Bonchev–Trinajstić information content (AvgIpc) is 2.84. The van der Waals surface area contributed by atoms with Gasteiger partial charge in [0.2, 0.25) is 11.8 Å². The number of ether oxygens (including phenoxy) is 1. The Kier molecular flexibility index (Phi) is 8.30. The van der Waals surface area contributed by atoms with Gasteiger partial charge in [0.1, 0.15) is 11.9 Å². The first kappa shape index (κ1) is 26.0. The molecule has 11 heteroatoms. The van der Waals surface area contributed by atoms with E-state index in [0.29, 0.717) is 0 Å². The van der Waals surface area contributed by atoms with Crippen LogP contribution in [-0.4, -0.2) is 62.7 Å². The van der Waals surface area contributed by atoms with Gasteiger partial charge in [-0.2, -0.15) is 18.4 Å². The number of hydrogen-bond acceptors (Lipinski definition) is 5. The van der Waals surface area contributed by atoms with Crippen molar-refractivity contribution in [1.82, 2.24) is 10.2 Å². The lowest BCUT2D eigenvalue weighted by atomic mass is 10.0. The quantitative estimate of drug-likeness (QED) is 0.475. The van der Waals surface area contributed by atoms with Crippen molar-refractivity contribution in [2.45, 2.75) is 18.6 Å². The number of carbonyl (C=O) groups is 2. The SMILES string of the molecule is COCCNC(=O)C1CN(c2ccc(C#N)c(C(F)(F)F)c2)CCN1C(=O)Cc1ccccc1F. The van der Waals surface area contributed by atoms with Crippen LogP contribution in [0.4, 0.5) is 23.2 Å². The molecule has 1 unspecified atom stereocenters. The summed E-state index contributed by atoms with van der Waals surface area (Å²) in [5.74, 6) is -1.52. The molecule has 0 aliphatic carbocycles. The fourth-order valence-electron chi connectivity index (χ4n) is 3.90. The molecule has 0 saturated carbocycles. The van der Waals surface area contributed by atoms with Crippen molar-refractivity contribution < 1.29 is 31.9 Å². The Balaban J connectivity index is 1.86. The van der Waals surface area contributed by atoms with Crippen molar-refractivity contribution in [2.24, 2.45) is 0 Å². The number of amides is 2. The van der Waals surface area contributed by atoms with E-state index in [2.05, 4.69) is 5.32 Å². The molecule has 1 saturated heterocycles. The highest BCUT2D eigenvalue weighted by molar-refractivity contribution is 5.89. The lowest BCUT2D eigenvalue weighted by Crippen LogP contribution is -2.61. The Morgan fingerprint density at radius 2 is 1.94 bits per heavy atom. The lowest BCUT2D eigenvalue weighted by molar-refractivity contribution is -0.140. The molecule has 35 heavy (non-hydrogen) atoms. The van der Waals surface area contributed by atoms with Crippen LogP contribution in [0, 0.1) is 17.1 Å². The maximum absolute atomic E-state index is 14.1. The molecule has 1 fully saturated rings. The fraction of sp³-hybridized carbons (Fsp3) is 0.375. The van der Waals surface area contributed by atoms with Crippen molar-refractivity contribution >= 4 is 17.5 Å². The van der Waals surface area contributed by atoms with Crippen LogP contribution >= 0.6 is 0 Å². The fourth-order valence-corrected chi connectivity index (χ4v) is 3.90. The normalized spacial score (nSPS) is 16.1. The maximum atomic E-state index is 14.1. The van der Waals surface area contributed by atoms with Crippen molar-refractivity contribution in [2.75, 3.05) is 44.8 Å². The minimum Gasteiger partial charge on any atom is -0.383 e. The topological polar surface area (TPSA) is 85.7 Å². The van der Waals surface area contributed by atoms with Crippen molar-refractivity contribution in [1.29, 1.82) is 5.26 Å². The van der Waals surface area contributed by atoms with Gasteiger partial charge in [-0.25, -0.2) is 4.39 Å². The summed E-state index contributed by atoms with van der Waals surface area (Å²) in [4.78, 5) is 28.8. The molecule has 2 amide bonds. The zero-order valence-corrected chi connectivity index (χ0v) is 18.9. The van der Waals surface area contributed by atoms with E-state index in [1.54, 1.807) is 11.0 Å². The van der Waals surface area contributed by atoms with Gasteiger partial charge in [-0.15, -0.1) is 0 Å². The summed E-state index contributed by atoms with van der Waals surface area (Å²) in [5, 5.41) is 11.7. The molecule has 1 atom stereocenters. The predicted octanol–water partition coefficient (Wildman–Crippen LogP) is 2.74. The third-order valence-corrected chi connectivity index (χ3v) is 5.70. The highest BCUT2D eigenvalue weighted by Gasteiger charge is 2.37. The second kappa shape index (κ2) is 11.2. The summed E-state index contributed by atoms with van der Waals surface area (Å²) in [6.07, 6.45) is -4.99. The van der Waals surface area contributed by atoms with Crippen LogP contribution in [0.25, 0.3) is 0 Å². The first-order valence-electron chi connectivity index (χ1n) is 10.8. The van der Waals surface area contributed by atoms with E-state index in [1.807, 2.05) is 0 Å². The van der Waals surface area contributed by atoms with Gasteiger partial charge in [0, 0.05) is 39.0 Å². The summed E-state index contributed by atoms with van der Waals surface area (Å²) in [5.41, 5.74) is -1.22. The number of alkyl halides is 3. The van der Waals surface area contributed by atoms with Crippen molar-refractivity contribution in [3.05, 3.63) is 65.0 Å². The van der Waals surface area contributed by atoms with E-state index in [9.17, 15) is 27.2 Å². The molecule has 186 valence electrons. The minimum atomic E-state index is -4.73. The molecule has 0 aromatic heterocycles. The summed E-state index contributed by atoms with van der Waals surface area (Å²) < 4.78 is 59.3. The molecule has 1 aliphatic rings. The van der Waals surface area contributed by atoms with Gasteiger partial charge < -0.3 is 19.9 Å². The molecule has 0 radical (unpaired) electrons. The number of nitrogens with one attached hydrogen (secondary N) is 1. The first-order valence-corrected chi connectivity index (χ1v) is 10.8. The molecule has 0 bridgehead atoms. The van der Waals surface area contributed by atoms with E-state index in [0.717, 1.165) is 12.1 Å². The molecule has 1 aliphatic heterocycles. The van der Waals surface area contributed by atoms with Crippen LogP contribution in [-0.2, 0) is 26.9 Å². The molecule has 0 spiro atoms. The number of methoxy groups -OCH3 is 1. The van der Waals surface area contributed by atoms with Crippen LogP contribution in [0.2, 0.25) is 0 Å². The van der Waals surface area contributed by atoms with Gasteiger partial charge >= 0.3 is 6.18 Å². The number of anilines is 1. The van der Waals surface area contributed by atoms with E-state index in [-0.39, 0.29) is 50.5 Å². The lowest BCUT2D eigenvalue weighted by Gasteiger charge is -2.41. The Bertz CT molecular complexity index is 1120. The first-order chi connectivity index (χ1) is 16.7. The van der Waals surface area contributed by atoms with Crippen LogP contribution in [0.5, 0.6) is 0 Å². The third kappa shape index (κ3) is 6.27. The third-order valence-electron chi connectivity index (χ3n) is 5.70. The monoisotopic (exact) mass is 492 g/mol.